The summed E-state index contributed by atoms with van der Waals surface area (Å²) in [6.45, 7) is 0.603. The van der Waals surface area contributed by atoms with Gasteiger partial charge in [0.1, 0.15) is 4.83 Å². The standard InChI is InChI=1S/C7H12BrF3OS/c1-12-3-2-4-13-5-6(8)7(9,10)11/h6H,2-5H2,1H3. The molecule has 1 atom stereocenters. The highest BCUT2D eigenvalue weighted by molar-refractivity contribution is 9.09. The van der Waals surface area contributed by atoms with Crippen molar-refractivity contribution >= 4 is 27.7 Å². The molecule has 80 valence electrons. The Morgan fingerprint density at radius 1 is 1.46 bits per heavy atom. The van der Waals surface area contributed by atoms with Crippen LogP contribution in [-0.4, -0.2) is 36.2 Å². The molecule has 0 spiro atoms. The van der Waals surface area contributed by atoms with Gasteiger partial charge < -0.3 is 4.74 Å². The third-order valence-electron chi connectivity index (χ3n) is 1.26. The van der Waals surface area contributed by atoms with Gasteiger partial charge in [0.25, 0.3) is 0 Å². The second-order valence-corrected chi connectivity index (χ2v) is 4.69. The molecule has 1 unspecified atom stereocenters. The number of halogens is 4. The van der Waals surface area contributed by atoms with Crippen LogP contribution in [0.2, 0.25) is 0 Å². The Bertz CT molecular complexity index is 131. The van der Waals surface area contributed by atoms with Gasteiger partial charge in [-0.2, -0.15) is 24.9 Å². The summed E-state index contributed by atoms with van der Waals surface area (Å²) >= 11 is 3.87. The Kier molecular flexibility index (Phi) is 7.26. The van der Waals surface area contributed by atoms with Gasteiger partial charge in [0.2, 0.25) is 0 Å². The van der Waals surface area contributed by atoms with Gasteiger partial charge in [-0.3, -0.25) is 0 Å². The second kappa shape index (κ2) is 6.95. The van der Waals surface area contributed by atoms with Crippen molar-refractivity contribution in [1.82, 2.24) is 0 Å². The Morgan fingerprint density at radius 2 is 2.08 bits per heavy atom. The molecular weight excluding hydrogens is 269 g/mol. The number of thioether (sulfide) groups is 1. The highest BCUT2D eigenvalue weighted by atomic mass is 79.9. The van der Waals surface area contributed by atoms with E-state index in [9.17, 15) is 13.2 Å². The Hall–Kier alpha value is 0.580. The Labute approximate surface area is 88.5 Å². The monoisotopic (exact) mass is 280 g/mol. The first-order chi connectivity index (χ1) is 5.98. The average Bonchev–Trinajstić information content (AvgIpc) is 2.02. The molecule has 13 heavy (non-hydrogen) atoms. The minimum absolute atomic E-state index is 0.0627. The van der Waals surface area contributed by atoms with Crippen LogP contribution in [0.25, 0.3) is 0 Å². The van der Waals surface area contributed by atoms with Crippen molar-refractivity contribution in [2.75, 3.05) is 25.2 Å². The van der Waals surface area contributed by atoms with Gasteiger partial charge >= 0.3 is 6.18 Å². The summed E-state index contributed by atoms with van der Waals surface area (Å²) in [5.74, 6) is 0.763. The molecule has 0 aliphatic rings. The Morgan fingerprint density at radius 3 is 2.54 bits per heavy atom. The minimum Gasteiger partial charge on any atom is -0.385 e. The molecule has 0 aliphatic carbocycles. The molecule has 0 aromatic heterocycles. The maximum Gasteiger partial charge on any atom is 0.402 e. The normalized spacial score (nSPS) is 14.5. The lowest BCUT2D eigenvalue weighted by molar-refractivity contribution is -0.122. The van der Waals surface area contributed by atoms with Crippen LogP contribution < -0.4 is 0 Å². The van der Waals surface area contributed by atoms with Crippen LogP contribution in [0, 0.1) is 0 Å². The minimum atomic E-state index is -4.13. The van der Waals surface area contributed by atoms with Crippen LogP contribution in [0.1, 0.15) is 6.42 Å². The maximum absolute atomic E-state index is 11.9. The summed E-state index contributed by atoms with van der Waals surface area (Å²) in [5.41, 5.74) is 0. The van der Waals surface area contributed by atoms with Gasteiger partial charge in [-0.25, -0.2) is 0 Å². The van der Waals surface area contributed by atoms with E-state index in [0.29, 0.717) is 12.4 Å². The quantitative estimate of drug-likeness (QED) is 0.546. The van der Waals surface area contributed by atoms with E-state index in [-0.39, 0.29) is 5.75 Å². The molecule has 0 N–H and O–H groups in total. The fourth-order valence-corrected chi connectivity index (χ4v) is 2.03. The molecule has 0 rings (SSSR count). The maximum atomic E-state index is 11.9. The number of hydrogen-bond donors (Lipinski definition) is 0. The first-order valence-corrected chi connectivity index (χ1v) is 5.83. The van der Waals surface area contributed by atoms with Crippen LogP contribution in [0.4, 0.5) is 13.2 Å². The fraction of sp³-hybridized carbons (Fsp3) is 1.00. The number of hydrogen-bond acceptors (Lipinski definition) is 2. The molecule has 0 fully saturated rings. The molecule has 1 nitrogen and oxygen atoms in total. The van der Waals surface area contributed by atoms with Crippen molar-refractivity contribution < 1.29 is 17.9 Å². The van der Waals surface area contributed by atoms with Gasteiger partial charge in [-0.1, -0.05) is 15.9 Å². The third kappa shape index (κ3) is 7.64. The highest BCUT2D eigenvalue weighted by Crippen LogP contribution is 2.28. The van der Waals surface area contributed by atoms with Crippen LogP contribution in [-0.2, 0) is 4.74 Å². The molecule has 0 radical (unpaired) electrons. The van der Waals surface area contributed by atoms with E-state index in [1.165, 1.54) is 11.8 Å². The van der Waals surface area contributed by atoms with Crippen molar-refractivity contribution in [3.63, 3.8) is 0 Å². The highest BCUT2D eigenvalue weighted by Gasteiger charge is 2.37. The van der Waals surface area contributed by atoms with E-state index >= 15 is 0 Å². The van der Waals surface area contributed by atoms with Gasteiger partial charge in [0.15, 0.2) is 0 Å². The molecule has 0 aliphatic heterocycles. The van der Waals surface area contributed by atoms with Gasteiger partial charge in [0, 0.05) is 19.5 Å². The molecule has 0 saturated heterocycles. The van der Waals surface area contributed by atoms with E-state index in [1.54, 1.807) is 7.11 Å². The number of alkyl halides is 4. The molecule has 0 aromatic rings. The first-order valence-electron chi connectivity index (χ1n) is 3.76. The van der Waals surface area contributed by atoms with Crippen LogP contribution in [0.3, 0.4) is 0 Å². The zero-order chi connectivity index (χ0) is 10.3. The van der Waals surface area contributed by atoms with Crippen LogP contribution in [0.15, 0.2) is 0 Å². The lowest BCUT2D eigenvalue weighted by atomic mass is 10.5. The zero-order valence-electron chi connectivity index (χ0n) is 7.23. The lowest BCUT2D eigenvalue weighted by Gasteiger charge is -2.12. The summed E-state index contributed by atoms with van der Waals surface area (Å²) in [4.78, 5) is -1.40. The molecule has 0 saturated carbocycles. The summed E-state index contributed by atoms with van der Waals surface area (Å²) < 4.78 is 40.6. The predicted molar refractivity (Wildman–Crippen MR) is 52.6 cm³/mol. The first kappa shape index (κ1) is 13.6. The zero-order valence-corrected chi connectivity index (χ0v) is 9.64. The average molecular weight is 281 g/mol. The molecular formula is C7H12BrF3OS. The van der Waals surface area contributed by atoms with Crippen LogP contribution >= 0.6 is 27.7 Å². The molecule has 0 aromatic carbocycles. The number of methoxy groups -OCH3 is 1. The summed E-state index contributed by atoms with van der Waals surface area (Å²) in [7, 11) is 1.58. The Balaban J connectivity index is 3.32. The predicted octanol–water partition coefficient (Wildman–Crippen LogP) is 3.08. The van der Waals surface area contributed by atoms with E-state index < -0.39 is 11.0 Å². The van der Waals surface area contributed by atoms with E-state index in [1.807, 2.05) is 0 Å². The summed E-state index contributed by atoms with van der Waals surface area (Å²) in [6.07, 6.45) is -3.34. The smallest absolute Gasteiger partial charge is 0.385 e. The number of rotatable bonds is 6. The van der Waals surface area contributed by atoms with Crippen molar-refractivity contribution in [1.29, 1.82) is 0 Å². The van der Waals surface area contributed by atoms with Crippen molar-refractivity contribution in [2.24, 2.45) is 0 Å². The van der Waals surface area contributed by atoms with Crippen molar-refractivity contribution in [3.8, 4) is 0 Å². The SMILES string of the molecule is COCCCSCC(Br)C(F)(F)F. The topological polar surface area (TPSA) is 9.23 Å². The molecule has 0 bridgehead atoms. The van der Waals surface area contributed by atoms with Gasteiger partial charge in [0.05, 0.1) is 0 Å². The van der Waals surface area contributed by atoms with E-state index in [0.717, 1.165) is 6.42 Å². The summed E-state index contributed by atoms with van der Waals surface area (Å²) in [6, 6.07) is 0. The van der Waals surface area contributed by atoms with E-state index in [2.05, 4.69) is 15.9 Å². The van der Waals surface area contributed by atoms with Crippen molar-refractivity contribution in [2.45, 2.75) is 17.4 Å². The lowest BCUT2D eigenvalue weighted by Crippen LogP contribution is -2.25. The molecule has 0 heterocycles. The van der Waals surface area contributed by atoms with Gasteiger partial charge in [-0.15, -0.1) is 0 Å². The summed E-state index contributed by atoms with van der Waals surface area (Å²) in [5, 5.41) is 0. The largest absolute Gasteiger partial charge is 0.402 e. The molecule has 6 heteroatoms. The number of ether oxygens (including phenoxy) is 1. The fourth-order valence-electron chi connectivity index (χ4n) is 0.587. The van der Waals surface area contributed by atoms with Gasteiger partial charge in [-0.05, 0) is 12.2 Å². The van der Waals surface area contributed by atoms with Crippen molar-refractivity contribution in [3.05, 3.63) is 0 Å². The van der Waals surface area contributed by atoms with Crippen LogP contribution in [0.5, 0.6) is 0 Å². The third-order valence-corrected chi connectivity index (χ3v) is 3.67. The second-order valence-electron chi connectivity index (χ2n) is 2.43. The van der Waals surface area contributed by atoms with E-state index in [4.69, 9.17) is 4.74 Å². The molecule has 0 amide bonds.